The molecule has 36 heavy (non-hydrogen) atoms. The lowest BCUT2D eigenvalue weighted by Crippen LogP contribution is -2.47. The molecule has 7 heteroatoms. The summed E-state index contributed by atoms with van der Waals surface area (Å²) in [6, 6.07) is 16.4. The van der Waals surface area contributed by atoms with Crippen molar-refractivity contribution < 1.29 is 19.1 Å². The van der Waals surface area contributed by atoms with Gasteiger partial charge in [0.05, 0.1) is 20.6 Å². The van der Waals surface area contributed by atoms with Gasteiger partial charge in [-0.2, -0.15) is 0 Å². The number of nitrogens with one attached hydrogen (secondary N) is 1. The standard InChI is InChI=1S/C29H34N2O4S/c1-20-11-13-21(14-12-20)28(29(33)30-22-8-5-4-6-9-22)31(27(32)19-24-10-7-17-36-24)23-15-16-25(34-2)26(18-23)35-3/h7,10-18,22,28H,4-6,8-9,19H2,1-3H3,(H,30,33)/t28-/m1/s1. The van der Waals surface area contributed by atoms with Crippen LogP contribution in [0.25, 0.3) is 0 Å². The third-order valence-corrected chi connectivity index (χ3v) is 7.55. The van der Waals surface area contributed by atoms with Gasteiger partial charge in [0, 0.05) is 22.7 Å². The van der Waals surface area contributed by atoms with E-state index in [4.69, 9.17) is 9.47 Å². The van der Waals surface area contributed by atoms with Crippen LogP contribution in [-0.4, -0.2) is 32.1 Å². The predicted molar refractivity (Wildman–Crippen MR) is 144 cm³/mol. The minimum atomic E-state index is -0.821. The van der Waals surface area contributed by atoms with E-state index in [-0.39, 0.29) is 24.3 Å². The van der Waals surface area contributed by atoms with Crippen LogP contribution in [0.5, 0.6) is 11.5 Å². The van der Waals surface area contributed by atoms with Gasteiger partial charge in [-0.25, -0.2) is 0 Å². The zero-order valence-corrected chi connectivity index (χ0v) is 22.0. The van der Waals surface area contributed by atoms with Gasteiger partial charge >= 0.3 is 0 Å². The number of amides is 2. The number of hydrogen-bond acceptors (Lipinski definition) is 5. The minimum Gasteiger partial charge on any atom is -0.493 e. The summed E-state index contributed by atoms with van der Waals surface area (Å²) in [5, 5.41) is 5.22. The van der Waals surface area contributed by atoms with Crippen molar-refractivity contribution in [3.05, 3.63) is 76.0 Å². The Morgan fingerprint density at radius 3 is 2.36 bits per heavy atom. The van der Waals surface area contributed by atoms with E-state index >= 15 is 0 Å². The monoisotopic (exact) mass is 506 g/mol. The molecule has 0 spiro atoms. The summed E-state index contributed by atoms with van der Waals surface area (Å²) in [6.45, 7) is 2.01. The molecule has 1 aliphatic carbocycles. The maximum absolute atomic E-state index is 13.9. The van der Waals surface area contributed by atoms with Gasteiger partial charge in [-0.15, -0.1) is 11.3 Å². The van der Waals surface area contributed by atoms with Crippen LogP contribution in [0.15, 0.2) is 60.0 Å². The molecular formula is C29H34N2O4S. The SMILES string of the molecule is COc1ccc(N(C(=O)Cc2cccs2)[C@@H](C(=O)NC2CCCCC2)c2ccc(C)cc2)cc1OC. The number of hydrogen-bond donors (Lipinski definition) is 1. The molecule has 0 saturated heterocycles. The molecule has 1 atom stereocenters. The van der Waals surface area contributed by atoms with Gasteiger partial charge in [0.25, 0.3) is 0 Å². The smallest absolute Gasteiger partial charge is 0.248 e. The molecule has 2 amide bonds. The van der Waals surface area contributed by atoms with Crippen LogP contribution in [0.4, 0.5) is 5.69 Å². The molecule has 6 nitrogen and oxygen atoms in total. The van der Waals surface area contributed by atoms with Crippen molar-refractivity contribution in [2.75, 3.05) is 19.1 Å². The third-order valence-electron chi connectivity index (χ3n) is 6.67. The highest BCUT2D eigenvalue weighted by atomic mass is 32.1. The van der Waals surface area contributed by atoms with Gasteiger partial charge < -0.3 is 14.8 Å². The van der Waals surface area contributed by atoms with E-state index in [9.17, 15) is 9.59 Å². The zero-order chi connectivity index (χ0) is 25.5. The van der Waals surface area contributed by atoms with E-state index in [2.05, 4.69) is 5.32 Å². The first-order valence-electron chi connectivity index (χ1n) is 12.4. The number of anilines is 1. The molecule has 1 aliphatic rings. The molecule has 1 saturated carbocycles. The van der Waals surface area contributed by atoms with E-state index in [0.717, 1.165) is 41.7 Å². The first kappa shape index (κ1) is 25.8. The fourth-order valence-corrected chi connectivity index (χ4v) is 5.45. The Balaban J connectivity index is 1.78. The normalized spacial score (nSPS) is 14.6. The van der Waals surface area contributed by atoms with Gasteiger partial charge in [-0.3, -0.25) is 14.5 Å². The maximum atomic E-state index is 13.9. The predicted octanol–water partition coefficient (Wildman–Crippen LogP) is 5.84. The largest absolute Gasteiger partial charge is 0.493 e. The van der Waals surface area contributed by atoms with E-state index in [1.54, 1.807) is 31.3 Å². The second kappa shape index (κ2) is 12.1. The first-order valence-corrected chi connectivity index (χ1v) is 13.3. The third kappa shape index (κ3) is 6.08. The molecule has 0 bridgehead atoms. The Kier molecular flexibility index (Phi) is 8.65. The molecule has 1 N–H and O–H groups in total. The maximum Gasteiger partial charge on any atom is 0.248 e. The molecule has 3 aromatic rings. The van der Waals surface area contributed by atoms with Gasteiger partial charge in [0.15, 0.2) is 11.5 Å². The van der Waals surface area contributed by atoms with Gasteiger partial charge in [-0.05, 0) is 48.9 Å². The summed E-state index contributed by atoms with van der Waals surface area (Å²) in [5.41, 5.74) is 2.44. The number of nitrogens with zero attached hydrogens (tertiary/aromatic N) is 1. The van der Waals surface area contributed by atoms with Crippen molar-refractivity contribution in [2.45, 2.75) is 57.5 Å². The van der Waals surface area contributed by atoms with Crippen LogP contribution < -0.4 is 19.7 Å². The van der Waals surface area contributed by atoms with Crippen LogP contribution in [0, 0.1) is 6.92 Å². The Hall–Kier alpha value is -3.32. The van der Waals surface area contributed by atoms with Crippen LogP contribution in [0.2, 0.25) is 0 Å². The van der Waals surface area contributed by atoms with Crippen LogP contribution in [0.1, 0.15) is 54.1 Å². The molecule has 2 aromatic carbocycles. The lowest BCUT2D eigenvalue weighted by Gasteiger charge is -2.34. The van der Waals surface area contributed by atoms with Gasteiger partial charge in [-0.1, -0.05) is 55.2 Å². The Bertz CT molecular complexity index is 1150. The summed E-state index contributed by atoms with van der Waals surface area (Å²) in [6.07, 6.45) is 5.54. The molecular weight excluding hydrogens is 472 g/mol. The van der Waals surface area contributed by atoms with Crippen molar-refractivity contribution in [1.82, 2.24) is 5.32 Å². The molecule has 0 radical (unpaired) electrons. The molecule has 1 heterocycles. The molecule has 1 aromatic heterocycles. The highest BCUT2D eigenvalue weighted by Gasteiger charge is 2.34. The number of carbonyl (C=O) groups is 2. The summed E-state index contributed by atoms with van der Waals surface area (Å²) >= 11 is 1.53. The van der Waals surface area contributed by atoms with Gasteiger partial charge in [0.1, 0.15) is 6.04 Å². The molecule has 4 rings (SSSR count). The summed E-state index contributed by atoms with van der Waals surface area (Å²) < 4.78 is 11.0. The lowest BCUT2D eigenvalue weighted by molar-refractivity contribution is -0.127. The number of aryl methyl sites for hydroxylation is 1. The van der Waals surface area contributed by atoms with Crippen molar-refractivity contribution in [1.29, 1.82) is 0 Å². The van der Waals surface area contributed by atoms with Crippen LogP contribution >= 0.6 is 11.3 Å². The lowest BCUT2D eigenvalue weighted by atomic mass is 9.94. The number of ether oxygens (including phenoxy) is 2. The van der Waals surface area contributed by atoms with E-state index in [1.807, 2.05) is 54.8 Å². The Morgan fingerprint density at radius 1 is 1.00 bits per heavy atom. The fourth-order valence-electron chi connectivity index (χ4n) is 4.75. The second-order valence-corrected chi connectivity index (χ2v) is 10.2. The topological polar surface area (TPSA) is 67.9 Å². The van der Waals surface area contributed by atoms with E-state index < -0.39 is 6.04 Å². The van der Waals surface area contributed by atoms with Crippen molar-refractivity contribution in [2.24, 2.45) is 0 Å². The van der Waals surface area contributed by atoms with E-state index in [0.29, 0.717) is 17.2 Å². The highest BCUT2D eigenvalue weighted by molar-refractivity contribution is 7.10. The minimum absolute atomic E-state index is 0.124. The molecule has 190 valence electrons. The molecule has 0 unspecified atom stereocenters. The Morgan fingerprint density at radius 2 is 1.72 bits per heavy atom. The number of methoxy groups -OCH3 is 2. The first-order chi connectivity index (χ1) is 17.5. The summed E-state index contributed by atoms with van der Waals surface area (Å²) in [5.74, 6) is 0.735. The molecule has 1 fully saturated rings. The molecule has 0 aliphatic heterocycles. The van der Waals surface area contributed by atoms with Crippen molar-refractivity contribution >= 4 is 28.8 Å². The number of benzene rings is 2. The number of thiophene rings is 1. The Labute approximate surface area is 217 Å². The van der Waals surface area contributed by atoms with Gasteiger partial charge in [0.2, 0.25) is 11.8 Å². The highest BCUT2D eigenvalue weighted by Crippen LogP contribution is 2.36. The average Bonchev–Trinajstić information content (AvgIpc) is 3.41. The quantitative estimate of drug-likeness (QED) is 0.396. The van der Waals surface area contributed by atoms with E-state index in [1.165, 1.54) is 17.8 Å². The number of rotatable bonds is 9. The van der Waals surface area contributed by atoms with Crippen LogP contribution in [-0.2, 0) is 16.0 Å². The zero-order valence-electron chi connectivity index (χ0n) is 21.2. The average molecular weight is 507 g/mol. The number of carbonyl (C=O) groups excluding carboxylic acids is 2. The summed E-state index contributed by atoms with van der Waals surface area (Å²) in [7, 11) is 3.14. The van der Waals surface area contributed by atoms with Crippen molar-refractivity contribution in [3.63, 3.8) is 0 Å². The summed E-state index contributed by atoms with van der Waals surface area (Å²) in [4.78, 5) is 30.4. The fraction of sp³-hybridized carbons (Fsp3) is 0.379. The second-order valence-electron chi connectivity index (χ2n) is 9.22. The van der Waals surface area contributed by atoms with Crippen molar-refractivity contribution in [3.8, 4) is 11.5 Å². The van der Waals surface area contributed by atoms with Crippen LogP contribution in [0.3, 0.4) is 0 Å².